The standard InChI is InChI=1S/C21H22FN7O2/c1-23-8-9-24-19(31)13-25-14-4-2-5-15(10-14)28-21-26-12-18(22)20(29-21)27-16-6-3-7-17(30)11-16/h2-7,10-13,23,30H,8-9H2,1H3,(H,24,31)(H2,26,27,28,29). The van der Waals surface area contributed by atoms with Crippen LogP contribution in [0, 0.1) is 5.82 Å². The molecule has 3 rings (SSSR count). The molecule has 0 atom stereocenters. The average Bonchev–Trinajstić information content (AvgIpc) is 2.75. The molecule has 1 aromatic heterocycles. The summed E-state index contributed by atoms with van der Waals surface area (Å²) >= 11 is 0. The number of aromatic nitrogens is 2. The van der Waals surface area contributed by atoms with E-state index in [0.29, 0.717) is 30.2 Å². The fourth-order valence-electron chi connectivity index (χ4n) is 2.52. The Morgan fingerprint density at radius 3 is 2.68 bits per heavy atom. The lowest BCUT2D eigenvalue weighted by Gasteiger charge is -2.10. The van der Waals surface area contributed by atoms with E-state index in [1.165, 1.54) is 18.3 Å². The number of anilines is 4. The molecule has 0 fully saturated rings. The fraction of sp³-hybridized carbons (Fsp3) is 0.143. The van der Waals surface area contributed by atoms with Crippen molar-refractivity contribution in [3.05, 3.63) is 60.5 Å². The maximum absolute atomic E-state index is 14.1. The van der Waals surface area contributed by atoms with Crippen molar-refractivity contribution in [1.82, 2.24) is 20.6 Å². The maximum Gasteiger partial charge on any atom is 0.262 e. The summed E-state index contributed by atoms with van der Waals surface area (Å²) in [5.41, 5.74) is 1.64. The van der Waals surface area contributed by atoms with E-state index < -0.39 is 5.82 Å². The van der Waals surface area contributed by atoms with Crippen molar-refractivity contribution in [2.45, 2.75) is 0 Å². The van der Waals surface area contributed by atoms with Crippen LogP contribution in [0.1, 0.15) is 0 Å². The van der Waals surface area contributed by atoms with Crippen LogP contribution in [-0.4, -0.2) is 47.3 Å². The molecule has 2 aromatic carbocycles. The van der Waals surface area contributed by atoms with E-state index in [-0.39, 0.29) is 23.4 Å². The topological polar surface area (TPSA) is 124 Å². The number of phenols is 1. The van der Waals surface area contributed by atoms with Gasteiger partial charge in [0.2, 0.25) is 5.95 Å². The second kappa shape index (κ2) is 10.6. The molecule has 0 saturated carbocycles. The quantitative estimate of drug-likeness (QED) is 0.265. The molecule has 0 radical (unpaired) electrons. The van der Waals surface area contributed by atoms with Gasteiger partial charge in [0.15, 0.2) is 11.6 Å². The van der Waals surface area contributed by atoms with Crippen LogP contribution in [0.4, 0.5) is 33.2 Å². The van der Waals surface area contributed by atoms with Crippen LogP contribution in [0.25, 0.3) is 0 Å². The molecule has 0 bridgehead atoms. The van der Waals surface area contributed by atoms with E-state index in [4.69, 9.17) is 0 Å². The van der Waals surface area contributed by atoms with Crippen LogP contribution >= 0.6 is 0 Å². The molecular formula is C21H22FN7O2. The summed E-state index contributed by atoms with van der Waals surface area (Å²) in [6.45, 7) is 1.17. The van der Waals surface area contributed by atoms with E-state index in [2.05, 4.69) is 36.2 Å². The predicted octanol–water partition coefficient (Wildman–Crippen LogP) is 2.85. The third-order valence-electron chi connectivity index (χ3n) is 3.96. The summed E-state index contributed by atoms with van der Waals surface area (Å²) in [5.74, 6) is -0.772. The first kappa shape index (κ1) is 21.7. The lowest BCUT2D eigenvalue weighted by atomic mass is 10.3. The molecule has 0 aliphatic heterocycles. The van der Waals surface area contributed by atoms with Crippen LogP contribution < -0.4 is 21.3 Å². The number of nitrogens with one attached hydrogen (secondary N) is 4. The number of aliphatic imine (C=N–C) groups is 1. The first-order valence-electron chi connectivity index (χ1n) is 9.45. The Balaban J connectivity index is 1.68. The molecule has 0 spiro atoms. The summed E-state index contributed by atoms with van der Waals surface area (Å²) < 4.78 is 14.1. The van der Waals surface area contributed by atoms with Crippen molar-refractivity contribution >= 4 is 41.0 Å². The number of carbonyl (C=O) groups excluding carboxylic acids is 1. The Bertz CT molecular complexity index is 1080. The van der Waals surface area contributed by atoms with Gasteiger partial charge in [-0.15, -0.1) is 0 Å². The highest BCUT2D eigenvalue weighted by Gasteiger charge is 2.08. The van der Waals surface area contributed by atoms with Crippen molar-refractivity contribution in [1.29, 1.82) is 0 Å². The number of amides is 1. The van der Waals surface area contributed by atoms with Gasteiger partial charge in [0, 0.05) is 30.5 Å². The second-order valence-corrected chi connectivity index (χ2v) is 6.39. The zero-order valence-electron chi connectivity index (χ0n) is 16.8. The van der Waals surface area contributed by atoms with Gasteiger partial charge in [0.25, 0.3) is 5.91 Å². The highest BCUT2D eigenvalue weighted by Crippen LogP contribution is 2.24. The van der Waals surface area contributed by atoms with Crippen molar-refractivity contribution in [2.75, 3.05) is 30.8 Å². The number of benzene rings is 2. The van der Waals surface area contributed by atoms with Gasteiger partial charge >= 0.3 is 0 Å². The van der Waals surface area contributed by atoms with E-state index >= 15 is 0 Å². The highest BCUT2D eigenvalue weighted by molar-refractivity contribution is 6.26. The highest BCUT2D eigenvalue weighted by atomic mass is 19.1. The summed E-state index contributed by atoms with van der Waals surface area (Å²) in [6.07, 6.45) is 2.25. The number of hydrogen-bond donors (Lipinski definition) is 5. The second-order valence-electron chi connectivity index (χ2n) is 6.39. The number of aromatic hydroxyl groups is 1. The van der Waals surface area contributed by atoms with Crippen molar-refractivity contribution in [3.8, 4) is 5.75 Å². The molecule has 5 N–H and O–H groups in total. The molecule has 10 heteroatoms. The molecule has 0 unspecified atom stereocenters. The van der Waals surface area contributed by atoms with Gasteiger partial charge < -0.3 is 26.4 Å². The number of rotatable bonds is 9. The number of nitrogens with zero attached hydrogens (tertiary/aromatic N) is 3. The summed E-state index contributed by atoms with van der Waals surface area (Å²) in [7, 11) is 1.80. The van der Waals surface area contributed by atoms with Crippen LogP contribution in [0.15, 0.2) is 59.7 Å². The van der Waals surface area contributed by atoms with Crippen molar-refractivity contribution in [2.24, 2.45) is 4.99 Å². The average molecular weight is 423 g/mol. The molecule has 3 aromatic rings. The number of carbonyl (C=O) groups is 1. The third-order valence-corrected chi connectivity index (χ3v) is 3.96. The summed E-state index contributed by atoms with van der Waals surface area (Å²) in [5, 5.41) is 21.0. The number of likely N-dealkylation sites (N-methyl/N-ethyl adjacent to an activating group) is 1. The van der Waals surface area contributed by atoms with E-state index in [1.807, 2.05) is 0 Å². The third kappa shape index (κ3) is 6.75. The van der Waals surface area contributed by atoms with Crippen LogP contribution in [0.3, 0.4) is 0 Å². The van der Waals surface area contributed by atoms with Gasteiger partial charge in [-0.2, -0.15) is 4.98 Å². The van der Waals surface area contributed by atoms with Crippen LogP contribution in [0.5, 0.6) is 5.75 Å². The molecule has 1 heterocycles. The Labute approximate surface area is 178 Å². The first-order chi connectivity index (χ1) is 15.0. The van der Waals surface area contributed by atoms with Gasteiger partial charge in [-0.3, -0.25) is 9.79 Å². The van der Waals surface area contributed by atoms with Gasteiger partial charge in [0.1, 0.15) is 5.75 Å². The molecule has 0 aliphatic carbocycles. The molecule has 9 nitrogen and oxygen atoms in total. The summed E-state index contributed by atoms with van der Waals surface area (Å²) in [6, 6.07) is 13.2. The van der Waals surface area contributed by atoms with Crippen molar-refractivity contribution < 1.29 is 14.3 Å². The monoisotopic (exact) mass is 423 g/mol. The van der Waals surface area contributed by atoms with E-state index in [9.17, 15) is 14.3 Å². The fourth-order valence-corrected chi connectivity index (χ4v) is 2.52. The first-order valence-corrected chi connectivity index (χ1v) is 9.45. The van der Waals surface area contributed by atoms with E-state index in [0.717, 1.165) is 6.20 Å². The predicted molar refractivity (Wildman–Crippen MR) is 118 cm³/mol. The van der Waals surface area contributed by atoms with Crippen LogP contribution in [-0.2, 0) is 4.79 Å². The Hall–Kier alpha value is -4.05. The molecule has 160 valence electrons. The molecule has 0 aliphatic rings. The molecule has 0 saturated heterocycles. The molecule has 31 heavy (non-hydrogen) atoms. The van der Waals surface area contributed by atoms with Gasteiger partial charge in [-0.05, 0) is 37.4 Å². The zero-order valence-corrected chi connectivity index (χ0v) is 16.8. The Kier molecular flexibility index (Phi) is 7.44. The van der Waals surface area contributed by atoms with Gasteiger partial charge in [-0.25, -0.2) is 9.37 Å². The minimum Gasteiger partial charge on any atom is -0.508 e. The molecular weight excluding hydrogens is 401 g/mol. The normalized spacial score (nSPS) is 10.8. The zero-order chi connectivity index (χ0) is 22.1. The Morgan fingerprint density at radius 1 is 1.13 bits per heavy atom. The SMILES string of the molecule is CNCCNC(=O)C=Nc1cccc(Nc2ncc(F)c(Nc3cccc(O)c3)n2)c1. The largest absolute Gasteiger partial charge is 0.508 e. The molecule has 1 amide bonds. The smallest absolute Gasteiger partial charge is 0.262 e. The summed E-state index contributed by atoms with van der Waals surface area (Å²) in [4.78, 5) is 24.0. The number of halogens is 1. The lowest BCUT2D eigenvalue weighted by molar-refractivity contribution is -0.114. The van der Waals surface area contributed by atoms with Gasteiger partial charge in [-0.1, -0.05) is 12.1 Å². The Morgan fingerprint density at radius 2 is 1.90 bits per heavy atom. The lowest BCUT2D eigenvalue weighted by Crippen LogP contribution is -2.30. The number of phenolic OH excluding ortho intramolecular Hbond substituents is 1. The minimum absolute atomic E-state index is 0.0458. The van der Waals surface area contributed by atoms with Crippen molar-refractivity contribution in [3.63, 3.8) is 0 Å². The minimum atomic E-state index is -0.642. The van der Waals surface area contributed by atoms with E-state index in [1.54, 1.807) is 43.4 Å². The maximum atomic E-state index is 14.1. The number of hydrogen-bond acceptors (Lipinski definition) is 8. The van der Waals surface area contributed by atoms with Crippen LogP contribution in [0.2, 0.25) is 0 Å². The van der Waals surface area contributed by atoms with Gasteiger partial charge in [0.05, 0.1) is 18.1 Å².